The molecule has 1 aliphatic heterocycles. The summed E-state index contributed by atoms with van der Waals surface area (Å²) >= 11 is 0. The van der Waals surface area contributed by atoms with Crippen molar-refractivity contribution in [2.75, 3.05) is 38.7 Å². The summed E-state index contributed by atoms with van der Waals surface area (Å²) in [6.07, 6.45) is 5.95. The lowest BCUT2D eigenvalue weighted by atomic mass is 9.94. The normalized spacial score (nSPS) is 17.4. The number of benzene rings is 1. The standard InChI is InChI=1S/C27H29F3N8O2/c1-16-25(18-10-32-36(2)13-18)35-38(20-9-19(28)11-31-12-20)26(16)34-27(39)33-24-15-37(6-7-40-3)14-21(24)17-4-5-22(29)23(30)8-17/h4-5,8-13,21,24H,6-7,14-15H2,1-3H3,(H2,33,34,39)/t21-,24+/m0/s1. The number of rotatable bonds is 8. The van der Waals surface area contributed by atoms with Gasteiger partial charge in [0.25, 0.3) is 0 Å². The number of urea groups is 1. The van der Waals surface area contributed by atoms with Crippen molar-refractivity contribution >= 4 is 11.8 Å². The predicted molar refractivity (Wildman–Crippen MR) is 142 cm³/mol. The number of carbonyl (C=O) groups excluding carboxylic acids is 1. The average Bonchev–Trinajstić information content (AvgIpc) is 3.62. The Hall–Kier alpha value is -4.23. The Morgan fingerprint density at radius 2 is 1.95 bits per heavy atom. The molecule has 1 aromatic carbocycles. The fraction of sp³-hybridized carbons (Fsp3) is 0.333. The maximum atomic E-state index is 14.1. The molecule has 10 nitrogen and oxygen atoms in total. The number of hydrogen-bond donors (Lipinski definition) is 2. The third-order valence-corrected chi connectivity index (χ3v) is 6.96. The second kappa shape index (κ2) is 11.5. The van der Waals surface area contributed by atoms with Crippen LogP contribution >= 0.6 is 0 Å². The molecule has 0 unspecified atom stereocenters. The molecule has 1 fully saturated rings. The molecule has 0 aliphatic carbocycles. The highest BCUT2D eigenvalue weighted by molar-refractivity contribution is 5.91. The first-order valence-electron chi connectivity index (χ1n) is 12.7. The topological polar surface area (TPSA) is 102 Å². The summed E-state index contributed by atoms with van der Waals surface area (Å²) < 4.78 is 50.0. The van der Waals surface area contributed by atoms with Gasteiger partial charge in [0.2, 0.25) is 0 Å². The Balaban J connectivity index is 1.43. The molecular weight excluding hydrogens is 525 g/mol. The van der Waals surface area contributed by atoms with Gasteiger partial charge in [-0.15, -0.1) is 0 Å². The molecule has 2 N–H and O–H groups in total. The van der Waals surface area contributed by atoms with Crippen molar-refractivity contribution in [2.45, 2.75) is 18.9 Å². The molecule has 0 spiro atoms. The van der Waals surface area contributed by atoms with Gasteiger partial charge in [0.1, 0.15) is 17.3 Å². The number of nitrogens with zero attached hydrogens (tertiary/aromatic N) is 6. The number of halogens is 3. The van der Waals surface area contributed by atoms with E-state index < -0.39 is 29.5 Å². The minimum absolute atomic E-state index is 0.290. The smallest absolute Gasteiger partial charge is 0.320 e. The zero-order valence-electron chi connectivity index (χ0n) is 22.2. The number of aromatic nitrogens is 5. The number of nitrogens with one attached hydrogen (secondary N) is 2. The van der Waals surface area contributed by atoms with Gasteiger partial charge in [0.15, 0.2) is 11.6 Å². The van der Waals surface area contributed by atoms with Crippen LogP contribution < -0.4 is 10.6 Å². The summed E-state index contributed by atoms with van der Waals surface area (Å²) in [5.41, 5.74) is 2.81. The van der Waals surface area contributed by atoms with Gasteiger partial charge in [-0.3, -0.25) is 19.9 Å². The first-order valence-corrected chi connectivity index (χ1v) is 12.7. The van der Waals surface area contributed by atoms with Gasteiger partial charge in [0.05, 0.1) is 36.9 Å². The summed E-state index contributed by atoms with van der Waals surface area (Å²) in [5, 5.41) is 14.7. The van der Waals surface area contributed by atoms with Crippen molar-refractivity contribution in [3.05, 3.63) is 77.6 Å². The van der Waals surface area contributed by atoms with Gasteiger partial charge in [0, 0.05) is 63.1 Å². The van der Waals surface area contributed by atoms with Crippen molar-refractivity contribution in [2.24, 2.45) is 7.05 Å². The van der Waals surface area contributed by atoms with Crippen LogP contribution in [0.4, 0.5) is 23.8 Å². The molecule has 2 atom stereocenters. The van der Waals surface area contributed by atoms with Crippen LogP contribution in [0.3, 0.4) is 0 Å². The number of pyridine rings is 1. The van der Waals surface area contributed by atoms with Crippen LogP contribution in [0.15, 0.2) is 49.1 Å². The Morgan fingerprint density at radius 3 is 2.65 bits per heavy atom. The van der Waals surface area contributed by atoms with E-state index in [4.69, 9.17) is 4.74 Å². The van der Waals surface area contributed by atoms with Crippen LogP contribution in [0.25, 0.3) is 16.9 Å². The number of methoxy groups -OCH3 is 1. The molecule has 210 valence electrons. The second-order valence-electron chi connectivity index (χ2n) is 9.74. The summed E-state index contributed by atoms with van der Waals surface area (Å²) in [4.78, 5) is 19.4. The molecule has 1 aliphatic rings. The number of likely N-dealkylation sites (tertiary alicyclic amines) is 1. The van der Waals surface area contributed by atoms with E-state index in [9.17, 15) is 18.0 Å². The first kappa shape index (κ1) is 27.3. The lowest BCUT2D eigenvalue weighted by molar-refractivity contribution is 0.159. The molecule has 5 rings (SSSR count). The van der Waals surface area contributed by atoms with E-state index in [1.54, 1.807) is 38.2 Å². The third kappa shape index (κ3) is 5.70. The second-order valence-corrected chi connectivity index (χ2v) is 9.74. The van der Waals surface area contributed by atoms with Crippen molar-refractivity contribution in [1.82, 2.24) is 34.8 Å². The monoisotopic (exact) mass is 554 g/mol. The van der Waals surface area contributed by atoms with E-state index in [-0.39, 0.29) is 5.92 Å². The first-order chi connectivity index (χ1) is 19.2. The van der Waals surface area contributed by atoms with Gasteiger partial charge >= 0.3 is 6.03 Å². The van der Waals surface area contributed by atoms with Gasteiger partial charge in [-0.1, -0.05) is 6.07 Å². The van der Waals surface area contributed by atoms with E-state index in [0.29, 0.717) is 54.6 Å². The SMILES string of the molecule is COCCN1C[C@@H](NC(=O)Nc2c(C)c(-c3cnn(C)c3)nn2-c2cncc(F)c2)[C@H](c2ccc(F)c(F)c2)C1. The number of ether oxygens (including phenoxy) is 1. The zero-order chi connectivity index (χ0) is 28.4. The lowest BCUT2D eigenvalue weighted by Crippen LogP contribution is -2.42. The Kier molecular flexibility index (Phi) is 7.85. The summed E-state index contributed by atoms with van der Waals surface area (Å²) in [6, 6.07) is 4.12. The molecule has 0 saturated carbocycles. The molecule has 0 bridgehead atoms. The summed E-state index contributed by atoms with van der Waals surface area (Å²) in [7, 11) is 3.38. The average molecular weight is 555 g/mol. The Bertz CT molecular complexity index is 1520. The number of amides is 2. The van der Waals surface area contributed by atoms with Crippen LogP contribution in [0.5, 0.6) is 0 Å². The molecule has 4 heterocycles. The van der Waals surface area contributed by atoms with E-state index in [1.807, 2.05) is 0 Å². The number of anilines is 1. The fourth-order valence-electron chi connectivity index (χ4n) is 4.99. The van der Waals surface area contributed by atoms with Crippen LogP contribution in [-0.2, 0) is 11.8 Å². The van der Waals surface area contributed by atoms with Crippen molar-refractivity contribution in [3.8, 4) is 16.9 Å². The molecule has 13 heteroatoms. The molecule has 3 aromatic heterocycles. The van der Waals surface area contributed by atoms with Crippen LogP contribution in [0.1, 0.15) is 17.0 Å². The van der Waals surface area contributed by atoms with Gasteiger partial charge in [-0.05, 0) is 24.6 Å². The predicted octanol–water partition coefficient (Wildman–Crippen LogP) is 3.63. The number of aryl methyl sites for hydroxylation is 1. The van der Waals surface area contributed by atoms with Crippen LogP contribution in [0, 0.1) is 24.4 Å². The van der Waals surface area contributed by atoms with E-state index in [0.717, 1.165) is 17.8 Å². The summed E-state index contributed by atoms with van der Waals surface area (Å²) in [5.74, 6) is -2.40. The van der Waals surface area contributed by atoms with Crippen LogP contribution in [-0.4, -0.2) is 74.9 Å². The molecular formula is C27H29F3N8O2. The molecule has 4 aromatic rings. The van der Waals surface area contributed by atoms with E-state index in [1.165, 1.54) is 29.1 Å². The van der Waals surface area contributed by atoms with Crippen molar-refractivity contribution in [1.29, 1.82) is 0 Å². The third-order valence-electron chi connectivity index (χ3n) is 6.96. The van der Waals surface area contributed by atoms with Crippen molar-refractivity contribution in [3.63, 3.8) is 0 Å². The number of carbonyl (C=O) groups is 1. The van der Waals surface area contributed by atoms with Crippen LogP contribution in [0.2, 0.25) is 0 Å². The molecule has 0 radical (unpaired) electrons. The van der Waals surface area contributed by atoms with Gasteiger partial charge in [-0.25, -0.2) is 22.6 Å². The highest BCUT2D eigenvalue weighted by Gasteiger charge is 2.35. The quantitative estimate of drug-likeness (QED) is 0.345. The van der Waals surface area contributed by atoms with Crippen molar-refractivity contribution < 1.29 is 22.7 Å². The highest BCUT2D eigenvalue weighted by Crippen LogP contribution is 2.31. The lowest BCUT2D eigenvalue weighted by Gasteiger charge is -2.21. The molecule has 40 heavy (non-hydrogen) atoms. The minimum atomic E-state index is -0.942. The van der Waals surface area contributed by atoms with Gasteiger partial charge in [-0.2, -0.15) is 10.2 Å². The maximum Gasteiger partial charge on any atom is 0.320 e. The Morgan fingerprint density at radius 1 is 1.12 bits per heavy atom. The Labute approximate surface area is 228 Å². The summed E-state index contributed by atoms with van der Waals surface area (Å²) in [6.45, 7) is 3.90. The molecule has 2 amide bonds. The van der Waals surface area contributed by atoms with E-state index in [2.05, 4.69) is 30.7 Å². The minimum Gasteiger partial charge on any atom is -0.383 e. The zero-order valence-corrected chi connectivity index (χ0v) is 22.2. The largest absolute Gasteiger partial charge is 0.383 e. The fourth-order valence-corrected chi connectivity index (χ4v) is 4.99. The van der Waals surface area contributed by atoms with Gasteiger partial charge < -0.3 is 10.1 Å². The van der Waals surface area contributed by atoms with E-state index >= 15 is 0 Å². The number of hydrogen-bond acceptors (Lipinski definition) is 6. The molecule has 1 saturated heterocycles. The maximum absolute atomic E-state index is 14.1. The highest BCUT2D eigenvalue weighted by atomic mass is 19.2.